The Hall–Kier alpha value is -1.58. The van der Waals surface area contributed by atoms with Crippen LogP contribution >= 0.6 is 0 Å². The van der Waals surface area contributed by atoms with Crippen LogP contribution in [0.2, 0.25) is 0 Å². The molecular formula is C14H21N3O. The van der Waals surface area contributed by atoms with E-state index in [0.29, 0.717) is 5.92 Å². The molecule has 18 heavy (non-hydrogen) atoms. The minimum absolute atomic E-state index is 0.165. The molecule has 0 aromatic carbocycles. The van der Waals surface area contributed by atoms with E-state index in [0.717, 1.165) is 30.9 Å². The predicted octanol–water partition coefficient (Wildman–Crippen LogP) is 1.79. The second-order valence-electron chi connectivity index (χ2n) is 5.24. The third-order valence-electron chi connectivity index (χ3n) is 3.53. The zero-order chi connectivity index (χ0) is 13.3. The van der Waals surface area contributed by atoms with Gasteiger partial charge in [-0.3, -0.25) is 9.78 Å². The highest BCUT2D eigenvalue weighted by atomic mass is 16.2. The summed E-state index contributed by atoms with van der Waals surface area (Å²) in [4.78, 5) is 20.0. The lowest BCUT2D eigenvalue weighted by Crippen LogP contribution is -2.25. The molecule has 0 unspecified atom stereocenters. The molecule has 0 aliphatic carbocycles. The molecule has 1 fully saturated rings. The van der Waals surface area contributed by atoms with Crippen molar-refractivity contribution in [2.24, 2.45) is 0 Å². The molecule has 1 atom stereocenters. The fraction of sp³-hybridized carbons (Fsp3) is 0.571. The topological polar surface area (TPSA) is 36.4 Å². The summed E-state index contributed by atoms with van der Waals surface area (Å²) in [6, 6.07) is 4.22. The zero-order valence-corrected chi connectivity index (χ0v) is 11.6. The van der Waals surface area contributed by atoms with Gasteiger partial charge in [-0.15, -0.1) is 0 Å². The second kappa shape index (κ2) is 4.96. The maximum absolute atomic E-state index is 11.4. The van der Waals surface area contributed by atoms with E-state index in [2.05, 4.69) is 22.0 Å². The van der Waals surface area contributed by atoms with Crippen molar-refractivity contribution in [3.8, 4) is 0 Å². The first-order valence-corrected chi connectivity index (χ1v) is 6.39. The van der Waals surface area contributed by atoms with E-state index in [1.54, 1.807) is 6.92 Å². The van der Waals surface area contributed by atoms with E-state index in [1.165, 1.54) is 5.69 Å². The van der Waals surface area contributed by atoms with Gasteiger partial charge in [0.1, 0.15) is 0 Å². The molecule has 1 aromatic heterocycles. The second-order valence-corrected chi connectivity index (χ2v) is 5.24. The number of nitrogens with zero attached hydrogens (tertiary/aromatic N) is 3. The number of carbonyl (C=O) groups excluding carboxylic acids is 1. The number of aromatic nitrogens is 1. The van der Waals surface area contributed by atoms with Crippen LogP contribution in [0.15, 0.2) is 12.1 Å². The molecular weight excluding hydrogens is 226 g/mol. The summed E-state index contributed by atoms with van der Waals surface area (Å²) in [7, 11) is 4.07. The summed E-state index contributed by atoms with van der Waals surface area (Å²) in [5, 5.41) is 0. The lowest BCUT2D eigenvalue weighted by Gasteiger charge is -2.17. The fourth-order valence-corrected chi connectivity index (χ4v) is 2.43. The Balaban J connectivity index is 2.21. The smallest absolute Gasteiger partial charge is 0.219 e. The van der Waals surface area contributed by atoms with Crippen LogP contribution in [0.3, 0.4) is 0 Å². The van der Waals surface area contributed by atoms with Crippen molar-refractivity contribution < 1.29 is 4.79 Å². The normalized spacial score (nSPS) is 19.1. The Kier molecular flexibility index (Phi) is 3.55. The molecule has 1 amide bonds. The van der Waals surface area contributed by atoms with E-state index in [1.807, 2.05) is 25.9 Å². The summed E-state index contributed by atoms with van der Waals surface area (Å²) < 4.78 is 0. The molecule has 0 spiro atoms. The van der Waals surface area contributed by atoms with Crippen LogP contribution in [0.25, 0.3) is 0 Å². The molecule has 1 aliphatic heterocycles. The molecule has 1 aliphatic rings. The zero-order valence-electron chi connectivity index (χ0n) is 11.6. The van der Waals surface area contributed by atoms with E-state index >= 15 is 0 Å². The Morgan fingerprint density at radius 1 is 1.44 bits per heavy atom. The maximum Gasteiger partial charge on any atom is 0.219 e. The van der Waals surface area contributed by atoms with Gasteiger partial charge in [0.05, 0.1) is 0 Å². The molecule has 4 nitrogen and oxygen atoms in total. The number of aryl methyl sites for hydroxylation is 1. The first-order chi connectivity index (χ1) is 8.47. The molecule has 0 radical (unpaired) electrons. The van der Waals surface area contributed by atoms with Gasteiger partial charge < -0.3 is 9.80 Å². The van der Waals surface area contributed by atoms with Crippen molar-refractivity contribution in [1.82, 2.24) is 9.88 Å². The quantitative estimate of drug-likeness (QED) is 0.799. The Morgan fingerprint density at radius 3 is 2.72 bits per heavy atom. The number of rotatable bonds is 2. The van der Waals surface area contributed by atoms with Crippen LogP contribution in [-0.4, -0.2) is 43.0 Å². The van der Waals surface area contributed by atoms with Crippen LogP contribution in [0, 0.1) is 6.92 Å². The molecule has 98 valence electrons. The Morgan fingerprint density at radius 2 is 2.17 bits per heavy atom. The minimum Gasteiger partial charge on any atom is -0.378 e. The van der Waals surface area contributed by atoms with Crippen molar-refractivity contribution in [2.45, 2.75) is 26.2 Å². The number of hydrogen-bond acceptors (Lipinski definition) is 3. The highest BCUT2D eigenvalue weighted by Crippen LogP contribution is 2.28. The van der Waals surface area contributed by atoms with Crippen molar-refractivity contribution in [3.05, 3.63) is 23.5 Å². The summed E-state index contributed by atoms with van der Waals surface area (Å²) in [5.41, 5.74) is 3.33. The number of likely N-dealkylation sites (tertiary alicyclic amines) is 1. The predicted molar refractivity (Wildman–Crippen MR) is 72.9 cm³/mol. The van der Waals surface area contributed by atoms with Crippen molar-refractivity contribution in [1.29, 1.82) is 0 Å². The van der Waals surface area contributed by atoms with Gasteiger partial charge in [0.15, 0.2) is 0 Å². The number of amides is 1. The van der Waals surface area contributed by atoms with Crippen LogP contribution in [0.4, 0.5) is 5.69 Å². The molecule has 2 rings (SSSR count). The lowest BCUT2D eigenvalue weighted by atomic mass is 10.0. The van der Waals surface area contributed by atoms with Gasteiger partial charge >= 0.3 is 0 Å². The van der Waals surface area contributed by atoms with Gasteiger partial charge in [-0.05, 0) is 25.5 Å². The first-order valence-electron chi connectivity index (χ1n) is 6.39. The van der Waals surface area contributed by atoms with Crippen molar-refractivity contribution in [3.63, 3.8) is 0 Å². The third-order valence-corrected chi connectivity index (χ3v) is 3.53. The number of anilines is 1. The van der Waals surface area contributed by atoms with Gasteiger partial charge in [-0.25, -0.2) is 0 Å². The standard InChI is InChI=1S/C14H21N3O/c1-10-7-13(16(3)4)8-14(15-10)12-5-6-17(9-12)11(2)18/h7-8,12H,5-6,9H2,1-4H3/t12-/m0/s1. The highest BCUT2D eigenvalue weighted by molar-refractivity contribution is 5.73. The van der Waals surface area contributed by atoms with Gasteiger partial charge in [-0.2, -0.15) is 0 Å². The molecule has 2 heterocycles. The summed E-state index contributed by atoms with van der Waals surface area (Å²) >= 11 is 0. The third kappa shape index (κ3) is 2.63. The largest absolute Gasteiger partial charge is 0.378 e. The van der Waals surface area contributed by atoms with Crippen molar-refractivity contribution >= 4 is 11.6 Å². The number of hydrogen-bond donors (Lipinski definition) is 0. The van der Waals surface area contributed by atoms with Crippen LogP contribution in [0.1, 0.15) is 30.7 Å². The maximum atomic E-state index is 11.4. The number of pyridine rings is 1. The highest BCUT2D eigenvalue weighted by Gasteiger charge is 2.26. The summed E-state index contributed by atoms with van der Waals surface area (Å²) in [5.74, 6) is 0.547. The van der Waals surface area contributed by atoms with E-state index in [9.17, 15) is 4.79 Å². The first kappa shape index (κ1) is 12.9. The number of carbonyl (C=O) groups is 1. The molecule has 1 aromatic rings. The lowest BCUT2D eigenvalue weighted by molar-refractivity contribution is -0.127. The van der Waals surface area contributed by atoms with Crippen LogP contribution in [0.5, 0.6) is 0 Å². The Bertz CT molecular complexity index is 456. The van der Waals surface area contributed by atoms with E-state index in [4.69, 9.17) is 0 Å². The average Bonchev–Trinajstić information content (AvgIpc) is 2.77. The van der Waals surface area contributed by atoms with E-state index < -0.39 is 0 Å². The summed E-state index contributed by atoms with van der Waals surface area (Å²) in [6.45, 7) is 5.32. The van der Waals surface area contributed by atoms with E-state index in [-0.39, 0.29) is 5.91 Å². The summed E-state index contributed by atoms with van der Waals surface area (Å²) in [6.07, 6.45) is 1.02. The molecule has 0 N–H and O–H groups in total. The van der Waals surface area contributed by atoms with Crippen LogP contribution < -0.4 is 4.90 Å². The average molecular weight is 247 g/mol. The van der Waals surface area contributed by atoms with Crippen LogP contribution in [-0.2, 0) is 4.79 Å². The van der Waals surface area contributed by atoms with Gasteiger partial charge in [0.2, 0.25) is 5.91 Å². The SMILES string of the molecule is CC(=O)N1CC[C@H](c2cc(N(C)C)cc(C)n2)C1. The minimum atomic E-state index is 0.165. The molecule has 1 saturated heterocycles. The van der Waals surface area contributed by atoms with Gasteiger partial charge in [0, 0.05) is 57.1 Å². The monoisotopic (exact) mass is 247 g/mol. The van der Waals surface area contributed by atoms with Gasteiger partial charge in [-0.1, -0.05) is 0 Å². The van der Waals surface area contributed by atoms with Crippen molar-refractivity contribution in [2.75, 3.05) is 32.1 Å². The fourth-order valence-electron chi connectivity index (χ4n) is 2.43. The van der Waals surface area contributed by atoms with Gasteiger partial charge in [0.25, 0.3) is 0 Å². The molecule has 4 heteroatoms. The Labute approximate surface area is 109 Å². The molecule has 0 bridgehead atoms. The molecule has 0 saturated carbocycles.